The summed E-state index contributed by atoms with van der Waals surface area (Å²) in [6.07, 6.45) is 1.36. The number of carbonyl (C=O) groups excluding carboxylic acids is 3. The Balaban J connectivity index is 1.62. The van der Waals surface area contributed by atoms with Gasteiger partial charge in [-0.25, -0.2) is 14.1 Å². The fourth-order valence-electron chi connectivity index (χ4n) is 3.30. The molecule has 8 heteroatoms. The third-order valence-electron chi connectivity index (χ3n) is 4.93. The number of hydrogen-bond acceptors (Lipinski definition) is 5. The Kier molecular flexibility index (Phi) is 6.17. The minimum atomic E-state index is -0.844. The Morgan fingerprint density at radius 3 is 2.45 bits per heavy atom. The van der Waals surface area contributed by atoms with Crippen LogP contribution in [0.15, 0.2) is 78.4 Å². The van der Waals surface area contributed by atoms with Crippen molar-refractivity contribution < 1.29 is 28.2 Å². The van der Waals surface area contributed by atoms with Gasteiger partial charge in [0.15, 0.2) is 0 Å². The molecule has 33 heavy (non-hydrogen) atoms. The number of halogens is 1. The molecule has 1 heterocycles. The van der Waals surface area contributed by atoms with Crippen molar-refractivity contribution in [1.29, 1.82) is 0 Å². The highest BCUT2D eigenvalue weighted by atomic mass is 19.1. The SMILES string of the molecule is COc1ccc(N2C(=O)NC(=O)/C(=C/c3ccccc3OCc3cccc(F)c3)C2=O)cc1. The van der Waals surface area contributed by atoms with E-state index in [1.165, 1.54) is 25.3 Å². The molecule has 3 aromatic carbocycles. The minimum absolute atomic E-state index is 0.0918. The maximum absolute atomic E-state index is 13.4. The van der Waals surface area contributed by atoms with E-state index in [0.29, 0.717) is 22.6 Å². The Bertz CT molecular complexity index is 1250. The highest BCUT2D eigenvalue weighted by Gasteiger charge is 2.37. The number of methoxy groups -OCH3 is 1. The summed E-state index contributed by atoms with van der Waals surface area (Å²) in [4.78, 5) is 38.8. The lowest BCUT2D eigenvalue weighted by atomic mass is 10.1. The number of hydrogen-bond donors (Lipinski definition) is 1. The molecule has 1 aliphatic heterocycles. The predicted molar refractivity (Wildman–Crippen MR) is 119 cm³/mol. The summed E-state index contributed by atoms with van der Waals surface area (Å²) < 4.78 is 24.3. The number of anilines is 1. The van der Waals surface area contributed by atoms with Crippen LogP contribution in [0.2, 0.25) is 0 Å². The van der Waals surface area contributed by atoms with E-state index in [4.69, 9.17) is 9.47 Å². The first kappa shape index (κ1) is 21.8. The molecule has 0 atom stereocenters. The zero-order chi connectivity index (χ0) is 23.4. The van der Waals surface area contributed by atoms with Gasteiger partial charge in [0.05, 0.1) is 12.8 Å². The van der Waals surface area contributed by atoms with Gasteiger partial charge < -0.3 is 9.47 Å². The summed E-state index contributed by atoms with van der Waals surface area (Å²) in [5, 5.41) is 2.19. The Morgan fingerprint density at radius 2 is 1.73 bits per heavy atom. The molecule has 0 bridgehead atoms. The average Bonchev–Trinajstić information content (AvgIpc) is 2.81. The number of carbonyl (C=O) groups is 3. The maximum Gasteiger partial charge on any atom is 0.335 e. The number of benzene rings is 3. The Hall–Kier alpha value is -4.46. The molecule has 0 aromatic heterocycles. The van der Waals surface area contributed by atoms with Crippen LogP contribution in [0.25, 0.3) is 6.08 Å². The summed E-state index contributed by atoms with van der Waals surface area (Å²) in [6, 6.07) is 18.2. The van der Waals surface area contributed by atoms with E-state index in [-0.39, 0.29) is 23.7 Å². The monoisotopic (exact) mass is 446 g/mol. The van der Waals surface area contributed by atoms with Gasteiger partial charge in [0.2, 0.25) is 0 Å². The third kappa shape index (κ3) is 4.74. The van der Waals surface area contributed by atoms with Gasteiger partial charge in [-0.1, -0.05) is 30.3 Å². The molecule has 0 saturated carbocycles. The molecular formula is C25H19FN2O5. The molecule has 3 aromatic rings. The molecule has 4 rings (SSSR count). The quantitative estimate of drug-likeness (QED) is 0.456. The molecule has 0 aliphatic carbocycles. The van der Waals surface area contributed by atoms with Crippen molar-refractivity contribution in [3.8, 4) is 11.5 Å². The van der Waals surface area contributed by atoms with Crippen LogP contribution in [0.4, 0.5) is 14.9 Å². The van der Waals surface area contributed by atoms with E-state index < -0.39 is 17.8 Å². The van der Waals surface area contributed by atoms with Crippen molar-refractivity contribution in [2.75, 3.05) is 12.0 Å². The van der Waals surface area contributed by atoms with E-state index in [9.17, 15) is 18.8 Å². The molecule has 1 N–H and O–H groups in total. The summed E-state index contributed by atoms with van der Waals surface area (Å²) in [5.41, 5.74) is 1.14. The fraction of sp³-hybridized carbons (Fsp3) is 0.0800. The van der Waals surface area contributed by atoms with Crippen LogP contribution in [-0.2, 0) is 16.2 Å². The molecule has 0 radical (unpaired) electrons. The van der Waals surface area contributed by atoms with Crippen molar-refractivity contribution in [3.05, 3.63) is 95.3 Å². The number of rotatable bonds is 6. The van der Waals surface area contributed by atoms with Gasteiger partial charge in [-0.05, 0) is 54.1 Å². The summed E-state index contributed by atoms with van der Waals surface area (Å²) >= 11 is 0. The largest absolute Gasteiger partial charge is 0.497 e. The number of imide groups is 2. The number of amides is 4. The number of ether oxygens (including phenoxy) is 2. The van der Waals surface area contributed by atoms with Crippen molar-refractivity contribution >= 4 is 29.6 Å². The lowest BCUT2D eigenvalue weighted by Gasteiger charge is -2.26. The van der Waals surface area contributed by atoms with E-state index in [1.807, 2.05) is 0 Å². The lowest BCUT2D eigenvalue weighted by Crippen LogP contribution is -2.54. The van der Waals surface area contributed by atoms with Crippen LogP contribution in [-0.4, -0.2) is 25.0 Å². The van der Waals surface area contributed by atoms with Gasteiger partial charge in [-0.15, -0.1) is 0 Å². The standard InChI is InChI=1S/C25H19FN2O5/c1-32-20-11-9-19(10-12-20)28-24(30)21(23(29)27-25(28)31)14-17-6-2-3-8-22(17)33-15-16-5-4-7-18(26)13-16/h2-14H,15H2,1H3,(H,27,29,31)/b21-14-. The second-order valence-corrected chi connectivity index (χ2v) is 7.11. The van der Waals surface area contributed by atoms with Gasteiger partial charge in [0.25, 0.3) is 11.8 Å². The number of para-hydroxylation sites is 1. The molecule has 4 amide bonds. The molecule has 166 valence electrons. The highest BCUT2D eigenvalue weighted by molar-refractivity contribution is 6.39. The first-order chi connectivity index (χ1) is 16.0. The molecule has 1 aliphatic rings. The maximum atomic E-state index is 13.4. The van der Waals surface area contributed by atoms with Crippen LogP contribution in [0.3, 0.4) is 0 Å². The molecule has 1 saturated heterocycles. The number of nitrogens with one attached hydrogen (secondary N) is 1. The second-order valence-electron chi connectivity index (χ2n) is 7.11. The lowest BCUT2D eigenvalue weighted by molar-refractivity contribution is -0.122. The number of nitrogens with zero attached hydrogens (tertiary/aromatic N) is 1. The molecule has 0 spiro atoms. The van der Waals surface area contributed by atoms with Gasteiger partial charge >= 0.3 is 6.03 Å². The molecule has 0 unspecified atom stereocenters. The summed E-state index contributed by atoms with van der Waals surface area (Å²) in [7, 11) is 1.50. The fourth-order valence-corrected chi connectivity index (χ4v) is 3.30. The van der Waals surface area contributed by atoms with Crippen LogP contribution in [0, 0.1) is 5.82 Å². The second kappa shape index (κ2) is 9.35. The average molecular weight is 446 g/mol. The highest BCUT2D eigenvalue weighted by Crippen LogP contribution is 2.27. The van der Waals surface area contributed by atoms with Crippen molar-refractivity contribution in [1.82, 2.24) is 5.32 Å². The van der Waals surface area contributed by atoms with Gasteiger partial charge in [0.1, 0.15) is 29.5 Å². The van der Waals surface area contributed by atoms with Crippen molar-refractivity contribution in [2.45, 2.75) is 6.61 Å². The summed E-state index contributed by atoms with van der Waals surface area (Å²) in [5.74, 6) is -1.01. The molecular weight excluding hydrogens is 427 g/mol. The molecule has 7 nitrogen and oxygen atoms in total. The zero-order valence-corrected chi connectivity index (χ0v) is 17.6. The van der Waals surface area contributed by atoms with Crippen LogP contribution in [0.5, 0.6) is 11.5 Å². The third-order valence-corrected chi connectivity index (χ3v) is 4.93. The Morgan fingerprint density at radius 1 is 0.970 bits per heavy atom. The van der Waals surface area contributed by atoms with Gasteiger partial charge in [0, 0.05) is 5.56 Å². The first-order valence-corrected chi connectivity index (χ1v) is 9.98. The smallest absolute Gasteiger partial charge is 0.335 e. The predicted octanol–water partition coefficient (Wildman–Crippen LogP) is 4.08. The van der Waals surface area contributed by atoms with Crippen LogP contribution >= 0.6 is 0 Å². The zero-order valence-electron chi connectivity index (χ0n) is 17.6. The van der Waals surface area contributed by atoms with E-state index in [1.54, 1.807) is 60.7 Å². The number of barbiturate groups is 1. The normalized spacial score (nSPS) is 14.9. The summed E-state index contributed by atoms with van der Waals surface area (Å²) in [6.45, 7) is 0.0918. The topological polar surface area (TPSA) is 84.9 Å². The van der Waals surface area contributed by atoms with Crippen molar-refractivity contribution in [2.24, 2.45) is 0 Å². The van der Waals surface area contributed by atoms with Crippen LogP contribution in [0.1, 0.15) is 11.1 Å². The van der Waals surface area contributed by atoms with Gasteiger partial charge in [-0.2, -0.15) is 0 Å². The number of urea groups is 1. The van der Waals surface area contributed by atoms with E-state index in [2.05, 4.69) is 5.32 Å². The van der Waals surface area contributed by atoms with E-state index >= 15 is 0 Å². The van der Waals surface area contributed by atoms with Crippen LogP contribution < -0.4 is 19.7 Å². The Labute approximate surface area is 189 Å². The van der Waals surface area contributed by atoms with E-state index in [0.717, 1.165) is 4.90 Å². The molecule has 1 fully saturated rings. The van der Waals surface area contributed by atoms with Crippen molar-refractivity contribution in [3.63, 3.8) is 0 Å². The minimum Gasteiger partial charge on any atom is -0.497 e. The van der Waals surface area contributed by atoms with Gasteiger partial charge in [-0.3, -0.25) is 14.9 Å². The first-order valence-electron chi connectivity index (χ1n) is 9.98.